The fraction of sp³-hybridized carbons (Fsp3) is 0.500. The normalized spacial score (nSPS) is 12.6. The lowest BCUT2D eigenvalue weighted by atomic mass is 9.96. The van der Waals surface area contributed by atoms with E-state index in [1.165, 1.54) is 5.56 Å². The van der Waals surface area contributed by atoms with Gasteiger partial charge >= 0.3 is 0 Å². The third-order valence-corrected chi connectivity index (χ3v) is 3.59. The first-order valence-corrected chi connectivity index (χ1v) is 7.05. The van der Waals surface area contributed by atoms with Gasteiger partial charge in [-0.25, -0.2) is 0 Å². The molecule has 1 unspecified atom stereocenters. The Morgan fingerprint density at radius 1 is 1.25 bits per heavy atom. The summed E-state index contributed by atoms with van der Waals surface area (Å²) in [5.74, 6) is 2.61. The molecule has 0 saturated heterocycles. The number of benzene rings is 1. The molecule has 16 heavy (non-hydrogen) atoms. The summed E-state index contributed by atoms with van der Waals surface area (Å²) in [6.07, 6.45) is 4.65. The summed E-state index contributed by atoms with van der Waals surface area (Å²) in [6.45, 7) is 2.57. The molecule has 0 aliphatic heterocycles. The van der Waals surface area contributed by atoms with Crippen LogP contribution in [0.1, 0.15) is 31.2 Å². The summed E-state index contributed by atoms with van der Waals surface area (Å²) in [5.41, 5.74) is 1.42. The van der Waals surface area contributed by atoms with Crippen molar-refractivity contribution in [2.24, 2.45) is 0 Å². The zero-order chi connectivity index (χ0) is 11.6. The highest BCUT2D eigenvalue weighted by Crippen LogP contribution is 2.20. The van der Waals surface area contributed by atoms with E-state index in [0.717, 1.165) is 24.3 Å². The number of hydrogen-bond acceptors (Lipinski definition) is 2. The first kappa shape index (κ1) is 13.6. The van der Waals surface area contributed by atoms with E-state index in [2.05, 4.69) is 43.7 Å². The molecule has 0 aromatic heterocycles. The fourth-order valence-corrected chi connectivity index (χ4v) is 2.29. The summed E-state index contributed by atoms with van der Waals surface area (Å²) in [7, 11) is 0. The van der Waals surface area contributed by atoms with Gasteiger partial charge in [-0.15, -0.1) is 0 Å². The summed E-state index contributed by atoms with van der Waals surface area (Å²) in [4.78, 5) is 0. The molecule has 1 aromatic carbocycles. The van der Waals surface area contributed by atoms with Crippen molar-refractivity contribution in [1.29, 1.82) is 0 Å². The Morgan fingerprint density at radius 3 is 2.69 bits per heavy atom. The highest BCUT2D eigenvalue weighted by atomic mass is 32.2. The minimum Gasteiger partial charge on any atom is -0.396 e. The highest BCUT2D eigenvalue weighted by molar-refractivity contribution is 7.99. The van der Waals surface area contributed by atoms with Gasteiger partial charge in [0.05, 0.1) is 6.61 Å². The highest BCUT2D eigenvalue weighted by Gasteiger charge is 2.03. The van der Waals surface area contributed by atoms with E-state index in [9.17, 15) is 0 Å². The standard InChI is InChI=1S/C14H21OS/c1-13(14-8-3-2-4-9-14)7-5-6-11-16-12-10-15/h2-5,8-9,13,15H,6-7,10-12H2,1H3. The van der Waals surface area contributed by atoms with E-state index in [1.54, 1.807) is 0 Å². The second-order valence-electron chi connectivity index (χ2n) is 3.96. The van der Waals surface area contributed by atoms with Gasteiger partial charge in [-0.3, -0.25) is 0 Å². The number of aliphatic hydroxyl groups excluding tert-OH is 1. The van der Waals surface area contributed by atoms with Gasteiger partial charge in [-0.05, 0) is 36.5 Å². The van der Waals surface area contributed by atoms with Crippen LogP contribution in [0.3, 0.4) is 0 Å². The van der Waals surface area contributed by atoms with Crippen LogP contribution < -0.4 is 0 Å². The Kier molecular flexibility index (Phi) is 7.35. The zero-order valence-electron chi connectivity index (χ0n) is 9.93. The third-order valence-electron chi connectivity index (χ3n) is 2.59. The third kappa shape index (κ3) is 5.57. The molecule has 2 heteroatoms. The van der Waals surface area contributed by atoms with E-state index in [0.29, 0.717) is 12.5 Å². The van der Waals surface area contributed by atoms with Crippen molar-refractivity contribution in [3.63, 3.8) is 0 Å². The molecule has 0 spiro atoms. The van der Waals surface area contributed by atoms with Crippen molar-refractivity contribution in [3.05, 3.63) is 42.3 Å². The van der Waals surface area contributed by atoms with Crippen LogP contribution in [0.25, 0.3) is 0 Å². The molecular formula is C14H21OS. The number of thioether (sulfide) groups is 1. The van der Waals surface area contributed by atoms with Crippen molar-refractivity contribution in [2.45, 2.75) is 25.7 Å². The topological polar surface area (TPSA) is 20.2 Å². The number of aliphatic hydroxyl groups is 1. The van der Waals surface area contributed by atoms with Crippen LogP contribution >= 0.6 is 11.8 Å². The fourth-order valence-electron chi connectivity index (χ4n) is 1.62. The second-order valence-corrected chi connectivity index (χ2v) is 5.19. The molecule has 0 aliphatic rings. The Morgan fingerprint density at radius 2 is 2.00 bits per heavy atom. The molecule has 1 aromatic rings. The van der Waals surface area contributed by atoms with Gasteiger partial charge in [0.2, 0.25) is 0 Å². The average molecular weight is 237 g/mol. The van der Waals surface area contributed by atoms with Crippen LogP contribution in [0.2, 0.25) is 0 Å². The lowest BCUT2D eigenvalue weighted by Gasteiger charge is -2.10. The molecule has 1 rings (SSSR count). The Hall–Kier alpha value is -0.470. The quantitative estimate of drug-likeness (QED) is 0.698. The predicted molar refractivity (Wildman–Crippen MR) is 72.8 cm³/mol. The Balaban J connectivity index is 2.09. The van der Waals surface area contributed by atoms with E-state index in [-0.39, 0.29) is 0 Å². The molecular weight excluding hydrogens is 216 g/mol. The summed E-state index contributed by atoms with van der Waals surface area (Å²) in [5, 5.41) is 8.63. The SMILES string of the molecule is CC(C[CH]CCSCCO)c1ccccc1. The predicted octanol–water partition coefficient (Wildman–Crippen LogP) is 3.50. The Labute approximate surface area is 103 Å². The molecule has 1 nitrogen and oxygen atoms in total. The molecule has 1 radical (unpaired) electrons. The van der Waals surface area contributed by atoms with Crippen LogP contribution in [0.15, 0.2) is 30.3 Å². The first-order chi connectivity index (χ1) is 7.84. The average Bonchev–Trinajstić information content (AvgIpc) is 2.34. The molecule has 1 atom stereocenters. The van der Waals surface area contributed by atoms with Crippen LogP contribution in [-0.2, 0) is 0 Å². The van der Waals surface area contributed by atoms with Gasteiger partial charge in [0.25, 0.3) is 0 Å². The van der Waals surface area contributed by atoms with Crippen molar-refractivity contribution >= 4 is 11.8 Å². The number of unbranched alkanes of at least 4 members (excludes halogenated alkanes) is 1. The van der Waals surface area contributed by atoms with Crippen molar-refractivity contribution in [3.8, 4) is 0 Å². The van der Waals surface area contributed by atoms with E-state index in [1.807, 2.05) is 11.8 Å². The smallest absolute Gasteiger partial charge is 0.0521 e. The summed E-state index contributed by atoms with van der Waals surface area (Å²) in [6, 6.07) is 10.6. The van der Waals surface area contributed by atoms with E-state index in [4.69, 9.17) is 5.11 Å². The van der Waals surface area contributed by atoms with Gasteiger partial charge in [0.15, 0.2) is 0 Å². The van der Waals surface area contributed by atoms with Crippen LogP contribution in [0, 0.1) is 6.42 Å². The maximum atomic E-state index is 8.63. The molecule has 0 bridgehead atoms. The van der Waals surface area contributed by atoms with Crippen LogP contribution in [0.4, 0.5) is 0 Å². The summed E-state index contributed by atoms with van der Waals surface area (Å²) < 4.78 is 0. The molecule has 1 N–H and O–H groups in total. The van der Waals surface area contributed by atoms with Gasteiger partial charge < -0.3 is 5.11 Å². The maximum absolute atomic E-state index is 8.63. The largest absolute Gasteiger partial charge is 0.396 e. The van der Waals surface area contributed by atoms with Gasteiger partial charge in [-0.1, -0.05) is 37.3 Å². The Bertz CT molecular complexity index is 261. The monoisotopic (exact) mass is 237 g/mol. The van der Waals surface area contributed by atoms with Crippen molar-refractivity contribution < 1.29 is 5.11 Å². The lowest BCUT2D eigenvalue weighted by molar-refractivity contribution is 0.322. The van der Waals surface area contributed by atoms with E-state index >= 15 is 0 Å². The lowest BCUT2D eigenvalue weighted by Crippen LogP contribution is -1.95. The maximum Gasteiger partial charge on any atom is 0.0521 e. The number of hydrogen-bond donors (Lipinski definition) is 1. The molecule has 0 saturated carbocycles. The molecule has 0 heterocycles. The van der Waals surface area contributed by atoms with Crippen molar-refractivity contribution in [1.82, 2.24) is 0 Å². The summed E-state index contributed by atoms with van der Waals surface area (Å²) >= 11 is 1.82. The number of rotatable bonds is 8. The van der Waals surface area contributed by atoms with Crippen LogP contribution in [0.5, 0.6) is 0 Å². The van der Waals surface area contributed by atoms with Gasteiger partial charge in [0, 0.05) is 5.75 Å². The minimum atomic E-state index is 0.297. The molecule has 89 valence electrons. The zero-order valence-corrected chi connectivity index (χ0v) is 10.7. The van der Waals surface area contributed by atoms with E-state index < -0.39 is 0 Å². The molecule has 0 amide bonds. The molecule has 0 aliphatic carbocycles. The van der Waals surface area contributed by atoms with Gasteiger partial charge in [0.1, 0.15) is 0 Å². The van der Waals surface area contributed by atoms with Gasteiger partial charge in [-0.2, -0.15) is 11.8 Å². The molecule has 0 fully saturated rings. The van der Waals surface area contributed by atoms with Crippen LogP contribution in [-0.4, -0.2) is 23.2 Å². The first-order valence-electron chi connectivity index (χ1n) is 5.90. The second kappa shape index (κ2) is 8.66. The minimum absolute atomic E-state index is 0.297. The van der Waals surface area contributed by atoms with Crippen molar-refractivity contribution in [2.75, 3.05) is 18.1 Å².